The number of amides is 3. The minimum atomic E-state index is -1.17. The maximum Gasteiger partial charge on any atom is 0.407 e. The second kappa shape index (κ2) is 13.7. The fraction of sp³-hybridized carbons (Fsp3) is 0.385. The summed E-state index contributed by atoms with van der Waals surface area (Å²) in [5.74, 6) is -1.71. The van der Waals surface area contributed by atoms with Crippen molar-refractivity contribution in [2.75, 3.05) is 6.54 Å². The van der Waals surface area contributed by atoms with Gasteiger partial charge in [-0.25, -0.2) is 14.4 Å². The molecule has 1 atom stereocenters. The van der Waals surface area contributed by atoms with Crippen LogP contribution in [-0.2, 0) is 27.4 Å². The molecule has 194 valence electrons. The lowest BCUT2D eigenvalue weighted by atomic mass is 10.1. The van der Waals surface area contributed by atoms with Crippen LogP contribution in [0.4, 0.5) is 9.59 Å². The quantitative estimate of drug-likeness (QED) is 0.346. The maximum atomic E-state index is 12.5. The highest BCUT2D eigenvalue weighted by Crippen LogP contribution is 2.09. The van der Waals surface area contributed by atoms with E-state index in [1.165, 1.54) is 0 Å². The molecule has 10 heteroatoms. The van der Waals surface area contributed by atoms with Crippen LogP contribution in [0.15, 0.2) is 54.6 Å². The van der Waals surface area contributed by atoms with Crippen LogP contribution in [0.3, 0.4) is 0 Å². The zero-order valence-corrected chi connectivity index (χ0v) is 20.7. The standard InChI is InChI=1S/C26H33N3O7/c1-26(2,3)36-25(34)28-16-18-11-13-20(14-12-18)22(30)29-21(23(31)32)10-7-15-27-24(33)35-17-19-8-5-4-6-9-19/h4-6,8-9,11-14,21H,7,10,15-17H2,1-3H3,(H,27,33)(H,28,34)(H,29,30)(H,31,32)/t21-/m0/s1. The maximum absolute atomic E-state index is 12.5. The number of carbonyl (C=O) groups excluding carboxylic acids is 3. The van der Waals surface area contributed by atoms with Crippen molar-refractivity contribution in [2.24, 2.45) is 0 Å². The molecule has 0 heterocycles. The molecule has 0 unspecified atom stereocenters. The fourth-order valence-corrected chi connectivity index (χ4v) is 3.03. The zero-order chi connectivity index (χ0) is 26.6. The molecule has 0 saturated carbocycles. The van der Waals surface area contributed by atoms with Crippen molar-refractivity contribution in [1.29, 1.82) is 0 Å². The van der Waals surface area contributed by atoms with Crippen LogP contribution in [0.25, 0.3) is 0 Å². The third-order valence-corrected chi connectivity index (χ3v) is 4.81. The number of nitrogens with one attached hydrogen (secondary N) is 3. The summed E-state index contributed by atoms with van der Waals surface area (Å²) in [5.41, 5.74) is 1.28. The molecule has 0 saturated heterocycles. The van der Waals surface area contributed by atoms with Crippen LogP contribution in [0.2, 0.25) is 0 Å². The molecule has 3 amide bonds. The number of carbonyl (C=O) groups is 4. The Hall–Kier alpha value is -4.08. The van der Waals surface area contributed by atoms with Gasteiger partial charge in [-0.05, 0) is 56.9 Å². The first-order valence-electron chi connectivity index (χ1n) is 11.6. The van der Waals surface area contributed by atoms with Crippen LogP contribution in [-0.4, -0.2) is 47.4 Å². The number of ether oxygens (including phenoxy) is 2. The molecule has 0 bridgehead atoms. The SMILES string of the molecule is CC(C)(C)OC(=O)NCc1ccc(C(=O)N[C@@H](CCCNC(=O)OCc2ccccc2)C(=O)O)cc1. The Kier molecular flexibility index (Phi) is 10.7. The lowest BCUT2D eigenvalue weighted by molar-refractivity contribution is -0.139. The van der Waals surface area contributed by atoms with Crippen LogP contribution in [0.5, 0.6) is 0 Å². The molecule has 0 aromatic heterocycles. The Morgan fingerprint density at radius 1 is 0.889 bits per heavy atom. The minimum Gasteiger partial charge on any atom is -0.480 e. The summed E-state index contributed by atoms with van der Waals surface area (Å²) in [7, 11) is 0. The first kappa shape index (κ1) is 28.2. The Labute approximate surface area is 210 Å². The summed E-state index contributed by atoms with van der Waals surface area (Å²) in [6, 6.07) is 14.5. The smallest absolute Gasteiger partial charge is 0.407 e. The summed E-state index contributed by atoms with van der Waals surface area (Å²) in [4.78, 5) is 47.6. The van der Waals surface area contributed by atoms with Gasteiger partial charge < -0.3 is 30.5 Å². The average molecular weight is 500 g/mol. The fourth-order valence-electron chi connectivity index (χ4n) is 3.03. The van der Waals surface area contributed by atoms with E-state index in [1.807, 2.05) is 30.3 Å². The minimum absolute atomic E-state index is 0.123. The van der Waals surface area contributed by atoms with Crippen molar-refractivity contribution in [3.8, 4) is 0 Å². The van der Waals surface area contributed by atoms with Crippen molar-refractivity contribution in [3.05, 3.63) is 71.3 Å². The first-order chi connectivity index (χ1) is 17.0. The molecule has 0 spiro atoms. The van der Waals surface area contributed by atoms with Crippen LogP contribution < -0.4 is 16.0 Å². The summed E-state index contributed by atoms with van der Waals surface area (Å²) >= 11 is 0. The number of hydrogen-bond donors (Lipinski definition) is 4. The predicted molar refractivity (Wildman–Crippen MR) is 132 cm³/mol. The predicted octanol–water partition coefficient (Wildman–Crippen LogP) is 3.60. The van der Waals surface area contributed by atoms with Gasteiger partial charge >= 0.3 is 18.2 Å². The zero-order valence-electron chi connectivity index (χ0n) is 20.7. The molecule has 0 aliphatic heterocycles. The lowest BCUT2D eigenvalue weighted by Crippen LogP contribution is -2.41. The topological polar surface area (TPSA) is 143 Å². The van der Waals surface area contributed by atoms with Crippen molar-refractivity contribution >= 4 is 24.1 Å². The monoisotopic (exact) mass is 499 g/mol. The third kappa shape index (κ3) is 10.9. The van der Waals surface area contributed by atoms with Gasteiger partial charge in [-0.2, -0.15) is 0 Å². The summed E-state index contributed by atoms with van der Waals surface area (Å²) in [6.45, 7) is 5.85. The molecule has 4 N–H and O–H groups in total. The highest BCUT2D eigenvalue weighted by molar-refractivity contribution is 5.96. The van der Waals surface area contributed by atoms with E-state index in [4.69, 9.17) is 9.47 Å². The van der Waals surface area contributed by atoms with Gasteiger partial charge in [0.2, 0.25) is 0 Å². The van der Waals surface area contributed by atoms with Gasteiger partial charge in [-0.15, -0.1) is 0 Å². The van der Waals surface area contributed by atoms with Gasteiger partial charge in [0.25, 0.3) is 5.91 Å². The van der Waals surface area contributed by atoms with Crippen molar-refractivity contribution in [1.82, 2.24) is 16.0 Å². The molecule has 36 heavy (non-hydrogen) atoms. The van der Waals surface area contributed by atoms with Gasteiger partial charge in [-0.3, -0.25) is 4.79 Å². The largest absolute Gasteiger partial charge is 0.480 e. The summed E-state index contributed by atoms with van der Waals surface area (Å²) in [5, 5.41) is 17.1. The first-order valence-corrected chi connectivity index (χ1v) is 11.6. The second-order valence-corrected chi connectivity index (χ2v) is 9.05. The number of hydrogen-bond acceptors (Lipinski definition) is 6. The van der Waals surface area contributed by atoms with Crippen LogP contribution in [0.1, 0.15) is 55.1 Å². The Morgan fingerprint density at radius 2 is 1.56 bits per heavy atom. The Bertz CT molecular complexity index is 1020. The average Bonchev–Trinajstić information content (AvgIpc) is 2.83. The molecule has 0 fully saturated rings. The van der Waals surface area contributed by atoms with E-state index in [0.717, 1.165) is 11.1 Å². The van der Waals surface area contributed by atoms with Gasteiger partial charge in [0.05, 0.1) is 0 Å². The van der Waals surface area contributed by atoms with Crippen molar-refractivity contribution in [3.63, 3.8) is 0 Å². The second-order valence-electron chi connectivity index (χ2n) is 9.05. The highest BCUT2D eigenvalue weighted by Gasteiger charge is 2.20. The molecule has 2 aromatic rings. The summed E-state index contributed by atoms with van der Waals surface area (Å²) < 4.78 is 10.3. The third-order valence-electron chi connectivity index (χ3n) is 4.81. The number of carboxylic acids is 1. The van der Waals surface area contributed by atoms with E-state index in [2.05, 4.69) is 16.0 Å². The van der Waals surface area contributed by atoms with E-state index in [0.29, 0.717) is 6.42 Å². The van der Waals surface area contributed by atoms with E-state index in [-0.39, 0.29) is 31.7 Å². The van der Waals surface area contributed by atoms with Crippen LogP contribution in [0, 0.1) is 0 Å². The van der Waals surface area contributed by atoms with Crippen molar-refractivity contribution < 1.29 is 33.8 Å². The Morgan fingerprint density at radius 3 is 2.17 bits per heavy atom. The number of rotatable bonds is 11. The number of benzene rings is 2. The van der Waals surface area contributed by atoms with E-state index in [9.17, 15) is 24.3 Å². The van der Waals surface area contributed by atoms with E-state index < -0.39 is 35.7 Å². The molecule has 10 nitrogen and oxygen atoms in total. The lowest BCUT2D eigenvalue weighted by Gasteiger charge is -2.19. The van der Waals surface area contributed by atoms with E-state index in [1.54, 1.807) is 45.0 Å². The molecule has 0 aliphatic rings. The van der Waals surface area contributed by atoms with Gasteiger partial charge in [0, 0.05) is 18.7 Å². The van der Waals surface area contributed by atoms with Gasteiger partial charge in [0.1, 0.15) is 18.2 Å². The molecule has 2 rings (SSSR count). The molecule has 0 aliphatic carbocycles. The van der Waals surface area contributed by atoms with Gasteiger partial charge in [0.15, 0.2) is 0 Å². The van der Waals surface area contributed by atoms with Gasteiger partial charge in [-0.1, -0.05) is 42.5 Å². The Balaban J connectivity index is 1.74. The number of carboxylic acid groups (broad SMARTS) is 1. The normalized spacial score (nSPS) is 11.6. The molecular weight excluding hydrogens is 466 g/mol. The van der Waals surface area contributed by atoms with Crippen molar-refractivity contribution in [2.45, 2.75) is 58.4 Å². The molecule has 0 radical (unpaired) electrons. The number of alkyl carbamates (subject to hydrolysis) is 2. The molecular formula is C26H33N3O7. The molecule has 2 aromatic carbocycles. The van der Waals surface area contributed by atoms with E-state index >= 15 is 0 Å². The highest BCUT2D eigenvalue weighted by atomic mass is 16.6. The van der Waals surface area contributed by atoms with Crippen LogP contribution >= 0.6 is 0 Å². The number of aliphatic carboxylic acids is 1. The summed E-state index contributed by atoms with van der Waals surface area (Å²) in [6.07, 6.45) is -0.700.